The predicted octanol–water partition coefficient (Wildman–Crippen LogP) is 5.64. The molecule has 0 saturated carbocycles. The van der Waals surface area contributed by atoms with Crippen molar-refractivity contribution in [2.24, 2.45) is 10.8 Å². The van der Waals surface area contributed by atoms with Crippen LogP contribution in [0.4, 0.5) is 0 Å². The Labute approximate surface area is 204 Å². The van der Waals surface area contributed by atoms with Gasteiger partial charge in [0.05, 0.1) is 6.61 Å². The molecule has 0 aromatic rings. The van der Waals surface area contributed by atoms with Crippen LogP contribution in [0.3, 0.4) is 0 Å². The Morgan fingerprint density at radius 2 is 1.09 bits per heavy atom. The SMILES string of the molecule is CC(C)(C)CCC(=O)NCCCCCOCCCCCCCCOCCNC(=O)C(C)(C)C. The van der Waals surface area contributed by atoms with Crippen LogP contribution < -0.4 is 10.6 Å². The van der Waals surface area contributed by atoms with Gasteiger partial charge in [0.15, 0.2) is 0 Å². The van der Waals surface area contributed by atoms with E-state index in [1.807, 2.05) is 20.8 Å². The monoisotopic (exact) mass is 470 g/mol. The first-order valence-electron chi connectivity index (χ1n) is 13.2. The van der Waals surface area contributed by atoms with Crippen molar-refractivity contribution in [3.05, 3.63) is 0 Å². The van der Waals surface area contributed by atoms with Crippen molar-refractivity contribution in [3.8, 4) is 0 Å². The number of hydrogen-bond acceptors (Lipinski definition) is 4. The molecule has 0 heterocycles. The number of carbonyl (C=O) groups excluding carboxylic acids is 2. The second-order valence-corrected chi connectivity index (χ2v) is 11.3. The van der Waals surface area contributed by atoms with Crippen LogP contribution in [0.5, 0.6) is 0 Å². The van der Waals surface area contributed by atoms with Crippen LogP contribution >= 0.6 is 0 Å². The predicted molar refractivity (Wildman–Crippen MR) is 137 cm³/mol. The van der Waals surface area contributed by atoms with Gasteiger partial charge < -0.3 is 20.1 Å². The normalized spacial score (nSPS) is 12.1. The standard InChI is InChI=1S/C27H54N2O4/c1-26(2,3)17-16-24(30)28-18-12-11-15-21-32-20-13-9-7-8-10-14-22-33-23-19-29-25(31)27(4,5)6/h7-23H2,1-6H3,(H,28,30)(H,29,31). The number of carbonyl (C=O) groups is 2. The molecule has 0 rings (SSSR count). The van der Waals surface area contributed by atoms with Gasteiger partial charge in [0.1, 0.15) is 0 Å². The molecule has 0 bridgehead atoms. The molecule has 0 aliphatic rings. The maximum atomic E-state index is 11.8. The van der Waals surface area contributed by atoms with Crippen LogP contribution in [-0.4, -0.2) is 51.3 Å². The minimum absolute atomic E-state index is 0.0718. The van der Waals surface area contributed by atoms with Crippen molar-refractivity contribution in [3.63, 3.8) is 0 Å². The van der Waals surface area contributed by atoms with Gasteiger partial charge >= 0.3 is 0 Å². The van der Waals surface area contributed by atoms with E-state index >= 15 is 0 Å². The van der Waals surface area contributed by atoms with Gasteiger partial charge in [-0.2, -0.15) is 0 Å². The van der Waals surface area contributed by atoms with Crippen LogP contribution in [0.15, 0.2) is 0 Å². The molecule has 0 aromatic heterocycles. The van der Waals surface area contributed by atoms with Gasteiger partial charge in [-0.05, 0) is 43.9 Å². The van der Waals surface area contributed by atoms with E-state index in [0.717, 1.165) is 64.9 Å². The maximum absolute atomic E-state index is 11.8. The summed E-state index contributed by atoms with van der Waals surface area (Å²) >= 11 is 0. The second kappa shape index (κ2) is 19.2. The summed E-state index contributed by atoms with van der Waals surface area (Å²) in [5.74, 6) is 0.248. The van der Waals surface area contributed by atoms with Crippen molar-refractivity contribution in [1.29, 1.82) is 0 Å². The van der Waals surface area contributed by atoms with Crippen molar-refractivity contribution in [2.45, 2.75) is 112 Å². The third-order valence-corrected chi connectivity index (χ3v) is 5.43. The highest BCUT2D eigenvalue weighted by molar-refractivity contribution is 5.81. The summed E-state index contributed by atoms with van der Waals surface area (Å²) in [6, 6.07) is 0. The summed E-state index contributed by atoms with van der Waals surface area (Å²) in [6.07, 6.45) is 11.9. The first kappa shape index (κ1) is 31.9. The minimum Gasteiger partial charge on any atom is -0.381 e. The van der Waals surface area contributed by atoms with Crippen molar-refractivity contribution < 1.29 is 19.1 Å². The molecule has 196 valence electrons. The van der Waals surface area contributed by atoms with Gasteiger partial charge in [-0.1, -0.05) is 67.2 Å². The Morgan fingerprint density at radius 1 is 0.606 bits per heavy atom. The van der Waals surface area contributed by atoms with Crippen molar-refractivity contribution in [2.75, 3.05) is 39.5 Å². The topological polar surface area (TPSA) is 76.7 Å². The van der Waals surface area contributed by atoms with Gasteiger partial charge in [0.2, 0.25) is 11.8 Å². The van der Waals surface area contributed by atoms with E-state index < -0.39 is 0 Å². The molecular formula is C27H54N2O4. The number of unbranched alkanes of at least 4 members (excludes halogenated alkanes) is 7. The number of hydrogen-bond donors (Lipinski definition) is 2. The Balaban J connectivity index is 3.21. The lowest BCUT2D eigenvalue weighted by molar-refractivity contribution is -0.128. The molecule has 0 atom stereocenters. The van der Waals surface area contributed by atoms with Gasteiger partial charge in [0, 0.05) is 44.7 Å². The third-order valence-electron chi connectivity index (χ3n) is 5.43. The van der Waals surface area contributed by atoms with E-state index in [0.29, 0.717) is 19.6 Å². The zero-order valence-electron chi connectivity index (χ0n) is 22.7. The van der Waals surface area contributed by atoms with Crippen LogP contribution in [0, 0.1) is 10.8 Å². The van der Waals surface area contributed by atoms with Gasteiger partial charge in [-0.15, -0.1) is 0 Å². The molecule has 0 radical (unpaired) electrons. The Kier molecular flexibility index (Phi) is 18.5. The summed E-state index contributed by atoms with van der Waals surface area (Å²) < 4.78 is 11.3. The lowest BCUT2D eigenvalue weighted by Gasteiger charge is -2.17. The summed E-state index contributed by atoms with van der Waals surface area (Å²) in [5, 5.41) is 5.91. The van der Waals surface area contributed by atoms with Crippen LogP contribution in [0.25, 0.3) is 0 Å². The fraction of sp³-hybridized carbons (Fsp3) is 0.926. The lowest BCUT2D eigenvalue weighted by Crippen LogP contribution is -2.36. The van der Waals surface area contributed by atoms with Crippen molar-refractivity contribution >= 4 is 11.8 Å². The van der Waals surface area contributed by atoms with E-state index in [4.69, 9.17) is 9.47 Å². The molecule has 6 nitrogen and oxygen atoms in total. The highest BCUT2D eigenvalue weighted by Gasteiger charge is 2.20. The lowest BCUT2D eigenvalue weighted by atomic mass is 9.90. The number of rotatable bonds is 20. The Bertz CT molecular complexity index is 495. The number of nitrogens with one attached hydrogen (secondary N) is 2. The molecule has 0 saturated heterocycles. The molecule has 6 heteroatoms. The number of ether oxygens (including phenoxy) is 2. The first-order valence-corrected chi connectivity index (χ1v) is 13.2. The zero-order valence-corrected chi connectivity index (χ0v) is 22.7. The zero-order chi connectivity index (χ0) is 25.0. The molecule has 0 aliphatic carbocycles. The molecule has 33 heavy (non-hydrogen) atoms. The van der Waals surface area contributed by atoms with Crippen LogP contribution in [0.1, 0.15) is 112 Å². The van der Waals surface area contributed by atoms with Gasteiger partial charge in [0.25, 0.3) is 0 Å². The smallest absolute Gasteiger partial charge is 0.225 e. The quantitative estimate of drug-likeness (QED) is 0.226. The second-order valence-electron chi connectivity index (χ2n) is 11.3. The Hall–Kier alpha value is -1.14. The molecular weight excluding hydrogens is 416 g/mol. The average Bonchev–Trinajstić information content (AvgIpc) is 2.72. The largest absolute Gasteiger partial charge is 0.381 e. The van der Waals surface area contributed by atoms with E-state index in [2.05, 4.69) is 31.4 Å². The van der Waals surface area contributed by atoms with Crippen LogP contribution in [-0.2, 0) is 19.1 Å². The Morgan fingerprint density at radius 3 is 1.61 bits per heavy atom. The summed E-state index contributed by atoms with van der Waals surface area (Å²) in [4.78, 5) is 23.5. The van der Waals surface area contributed by atoms with Crippen molar-refractivity contribution in [1.82, 2.24) is 10.6 Å². The molecule has 0 aromatic carbocycles. The first-order chi connectivity index (χ1) is 15.5. The fourth-order valence-corrected chi connectivity index (χ4v) is 3.13. The molecule has 2 N–H and O–H groups in total. The number of amides is 2. The third kappa shape index (κ3) is 23.8. The van der Waals surface area contributed by atoms with Crippen LogP contribution in [0.2, 0.25) is 0 Å². The van der Waals surface area contributed by atoms with E-state index in [9.17, 15) is 9.59 Å². The van der Waals surface area contributed by atoms with Gasteiger partial charge in [-0.25, -0.2) is 0 Å². The molecule has 0 unspecified atom stereocenters. The molecule has 0 fully saturated rings. The van der Waals surface area contributed by atoms with E-state index in [-0.39, 0.29) is 22.6 Å². The summed E-state index contributed by atoms with van der Waals surface area (Å²) in [6.45, 7) is 16.6. The average molecular weight is 471 g/mol. The minimum atomic E-state index is -0.336. The van der Waals surface area contributed by atoms with E-state index in [1.165, 1.54) is 25.7 Å². The summed E-state index contributed by atoms with van der Waals surface area (Å²) in [5.41, 5.74) is -0.117. The van der Waals surface area contributed by atoms with Gasteiger partial charge in [-0.3, -0.25) is 9.59 Å². The fourth-order valence-electron chi connectivity index (χ4n) is 3.13. The summed E-state index contributed by atoms with van der Waals surface area (Å²) in [7, 11) is 0. The highest BCUT2D eigenvalue weighted by atomic mass is 16.5. The molecule has 0 spiro atoms. The molecule has 2 amide bonds. The highest BCUT2D eigenvalue weighted by Crippen LogP contribution is 2.20. The maximum Gasteiger partial charge on any atom is 0.225 e. The van der Waals surface area contributed by atoms with E-state index in [1.54, 1.807) is 0 Å². The molecule has 0 aliphatic heterocycles.